The Labute approximate surface area is 232 Å². The Bertz CT molecular complexity index is 1250. The van der Waals surface area contributed by atoms with E-state index in [2.05, 4.69) is 10.3 Å². The maximum Gasteiger partial charge on any atom is 0.354 e. The number of nitrogens with zero attached hydrogens (tertiary/aromatic N) is 5. The topological polar surface area (TPSA) is 186 Å². The Balaban J connectivity index is 0.00000420. The number of anilines is 1. The Morgan fingerprint density at radius 2 is 1.62 bits per heavy atom. The quantitative estimate of drug-likeness (QED) is 0.349. The fourth-order valence-electron chi connectivity index (χ4n) is 4.44. The standard InChI is InChI=1S/C25H35N9O4.ClH/c1-25(2,28)22(36)31-9-11-32(12-10-31)23(37)29-20-7-8-34(24(38)30-20)18-5-3-16(4-6-18)13-19(27)21(35)33-14-17(26)15-33;/h3-8,17,19H,9-15,26-28H2,1-2H3,(H,29,30,37,38);1H/t19-;/m0./s1. The van der Waals surface area contributed by atoms with Gasteiger partial charge in [-0.15, -0.1) is 12.4 Å². The molecule has 2 fully saturated rings. The van der Waals surface area contributed by atoms with Crippen molar-refractivity contribution in [3.8, 4) is 5.69 Å². The van der Waals surface area contributed by atoms with Crippen LogP contribution < -0.4 is 28.2 Å². The van der Waals surface area contributed by atoms with Gasteiger partial charge in [0.25, 0.3) is 0 Å². The molecule has 212 valence electrons. The number of carbonyl (C=O) groups is 3. The van der Waals surface area contributed by atoms with Crippen LogP contribution in [0.25, 0.3) is 5.69 Å². The van der Waals surface area contributed by atoms with Crippen LogP contribution in [0, 0.1) is 0 Å². The van der Waals surface area contributed by atoms with E-state index in [0.29, 0.717) is 51.4 Å². The molecular formula is C25H36ClN9O4. The second-order valence-corrected chi connectivity index (χ2v) is 10.4. The van der Waals surface area contributed by atoms with Gasteiger partial charge in [-0.3, -0.25) is 19.5 Å². The fraction of sp³-hybridized carbons (Fsp3) is 0.480. The second kappa shape index (κ2) is 12.1. The molecule has 13 nitrogen and oxygen atoms in total. The Morgan fingerprint density at radius 1 is 1.03 bits per heavy atom. The number of nitrogens with one attached hydrogen (secondary N) is 1. The second-order valence-electron chi connectivity index (χ2n) is 10.4. The predicted molar refractivity (Wildman–Crippen MR) is 149 cm³/mol. The van der Waals surface area contributed by atoms with Gasteiger partial charge in [-0.1, -0.05) is 12.1 Å². The first-order valence-electron chi connectivity index (χ1n) is 12.6. The third-order valence-electron chi connectivity index (χ3n) is 6.65. The third-order valence-corrected chi connectivity index (χ3v) is 6.65. The van der Waals surface area contributed by atoms with E-state index in [-0.39, 0.29) is 36.1 Å². The average Bonchev–Trinajstić information content (AvgIpc) is 2.86. The summed E-state index contributed by atoms with van der Waals surface area (Å²) in [7, 11) is 0. The molecule has 3 heterocycles. The van der Waals surface area contributed by atoms with Gasteiger partial charge in [0.2, 0.25) is 11.8 Å². The first kappa shape index (κ1) is 30.0. The van der Waals surface area contributed by atoms with Crippen molar-refractivity contribution in [3.63, 3.8) is 0 Å². The van der Waals surface area contributed by atoms with E-state index in [9.17, 15) is 19.2 Å². The number of rotatable bonds is 6. The van der Waals surface area contributed by atoms with Gasteiger partial charge >= 0.3 is 11.7 Å². The van der Waals surface area contributed by atoms with E-state index in [1.54, 1.807) is 40.7 Å². The summed E-state index contributed by atoms with van der Waals surface area (Å²) in [4.78, 5) is 58.8. The van der Waals surface area contributed by atoms with Crippen molar-refractivity contribution in [2.75, 3.05) is 44.6 Å². The Morgan fingerprint density at radius 3 is 2.15 bits per heavy atom. The molecule has 1 aromatic carbocycles. The monoisotopic (exact) mass is 561 g/mol. The molecule has 2 saturated heterocycles. The van der Waals surface area contributed by atoms with Crippen LogP contribution in [0.1, 0.15) is 19.4 Å². The SMILES string of the molecule is CC(C)(N)C(=O)N1CCN(C(=O)Nc2ccn(-c3ccc(C[C@H](N)C(=O)N4CC(N)C4)cc3)c(=O)n2)CC1.Cl. The molecule has 0 spiro atoms. The number of carbonyl (C=O) groups excluding carboxylic acids is 3. The fourth-order valence-corrected chi connectivity index (χ4v) is 4.44. The van der Waals surface area contributed by atoms with Gasteiger partial charge in [0, 0.05) is 51.5 Å². The van der Waals surface area contributed by atoms with Crippen molar-refractivity contribution in [1.82, 2.24) is 24.3 Å². The summed E-state index contributed by atoms with van der Waals surface area (Å²) < 4.78 is 1.35. The van der Waals surface area contributed by atoms with Gasteiger partial charge in [-0.05, 0) is 44.0 Å². The zero-order chi connectivity index (χ0) is 27.6. The molecule has 0 unspecified atom stereocenters. The minimum absolute atomic E-state index is 0. The van der Waals surface area contributed by atoms with E-state index in [0.717, 1.165) is 5.56 Å². The van der Waals surface area contributed by atoms with Gasteiger partial charge in [-0.25, -0.2) is 9.59 Å². The summed E-state index contributed by atoms with van der Waals surface area (Å²) in [5, 5.41) is 2.64. The van der Waals surface area contributed by atoms with E-state index in [1.807, 2.05) is 12.1 Å². The van der Waals surface area contributed by atoms with Crippen molar-refractivity contribution < 1.29 is 14.4 Å². The lowest BCUT2D eigenvalue weighted by molar-refractivity contribution is -0.137. The number of piperazine rings is 1. The van der Waals surface area contributed by atoms with Gasteiger partial charge in [-0.2, -0.15) is 4.98 Å². The van der Waals surface area contributed by atoms with Crippen LogP contribution in [-0.4, -0.2) is 99.0 Å². The lowest BCUT2D eigenvalue weighted by Crippen LogP contribution is -2.61. The Hall–Kier alpha value is -3.52. The van der Waals surface area contributed by atoms with E-state index in [4.69, 9.17) is 17.2 Å². The lowest BCUT2D eigenvalue weighted by atomic mass is 10.0. The molecule has 4 rings (SSSR count). The number of halogens is 1. The average molecular weight is 562 g/mol. The maximum atomic E-state index is 12.7. The number of nitrogens with two attached hydrogens (primary N) is 3. The van der Waals surface area contributed by atoms with Crippen LogP contribution in [-0.2, 0) is 16.0 Å². The minimum atomic E-state index is -0.965. The zero-order valence-electron chi connectivity index (χ0n) is 22.1. The lowest BCUT2D eigenvalue weighted by Gasteiger charge is -2.38. The van der Waals surface area contributed by atoms with Crippen LogP contribution in [0.2, 0.25) is 0 Å². The van der Waals surface area contributed by atoms with Crippen molar-refractivity contribution in [2.45, 2.75) is 37.9 Å². The molecule has 1 aromatic heterocycles. The highest BCUT2D eigenvalue weighted by Crippen LogP contribution is 2.14. The molecule has 0 bridgehead atoms. The summed E-state index contributed by atoms with van der Waals surface area (Å²) in [6.45, 7) is 5.81. The van der Waals surface area contributed by atoms with Gasteiger partial charge < -0.3 is 31.9 Å². The minimum Gasteiger partial charge on any atom is -0.338 e. The van der Waals surface area contributed by atoms with Crippen LogP contribution in [0.5, 0.6) is 0 Å². The number of hydrogen-bond acceptors (Lipinski definition) is 8. The third kappa shape index (κ3) is 7.12. The summed E-state index contributed by atoms with van der Waals surface area (Å²) in [6.07, 6.45) is 1.90. The number of amides is 4. The summed E-state index contributed by atoms with van der Waals surface area (Å²) in [5.41, 5.74) is 17.6. The van der Waals surface area contributed by atoms with Crippen LogP contribution in [0.15, 0.2) is 41.3 Å². The van der Waals surface area contributed by atoms with E-state index >= 15 is 0 Å². The molecule has 14 heteroatoms. The van der Waals surface area contributed by atoms with Crippen molar-refractivity contribution in [3.05, 3.63) is 52.6 Å². The largest absolute Gasteiger partial charge is 0.354 e. The molecule has 39 heavy (non-hydrogen) atoms. The number of urea groups is 1. The first-order chi connectivity index (χ1) is 17.9. The molecule has 2 aromatic rings. The predicted octanol–water partition coefficient (Wildman–Crippen LogP) is -0.893. The molecule has 7 N–H and O–H groups in total. The van der Waals surface area contributed by atoms with Crippen LogP contribution >= 0.6 is 12.4 Å². The highest BCUT2D eigenvalue weighted by Gasteiger charge is 2.32. The molecular weight excluding hydrogens is 526 g/mol. The summed E-state index contributed by atoms with van der Waals surface area (Å²) >= 11 is 0. The zero-order valence-corrected chi connectivity index (χ0v) is 22.9. The molecule has 0 saturated carbocycles. The van der Waals surface area contributed by atoms with Gasteiger partial charge in [0.1, 0.15) is 5.82 Å². The Kier molecular flexibility index (Phi) is 9.33. The molecule has 0 aliphatic carbocycles. The van der Waals surface area contributed by atoms with Crippen molar-refractivity contribution >= 4 is 36.1 Å². The smallest absolute Gasteiger partial charge is 0.338 e. The van der Waals surface area contributed by atoms with Gasteiger partial charge in [0.15, 0.2) is 0 Å². The normalized spacial score (nSPS) is 16.7. The van der Waals surface area contributed by atoms with Crippen LogP contribution in [0.3, 0.4) is 0 Å². The molecule has 2 aliphatic heterocycles. The van der Waals surface area contributed by atoms with Crippen LogP contribution in [0.4, 0.5) is 10.6 Å². The molecule has 2 aliphatic rings. The van der Waals surface area contributed by atoms with E-state index in [1.165, 1.54) is 16.8 Å². The first-order valence-corrected chi connectivity index (χ1v) is 12.6. The molecule has 1 atom stereocenters. The number of hydrogen-bond donors (Lipinski definition) is 4. The van der Waals surface area contributed by atoms with Crippen molar-refractivity contribution in [2.24, 2.45) is 17.2 Å². The van der Waals surface area contributed by atoms with Gasteiger partial charge in [0.05, 0.1) is 17.3 Å². The summed E-state index contributed by atoms with van der Waals surface area (Å²) in [5.74, 6) is -0.155. The molecule has 4 amide bonds. The van der Waals surface area contributed by atoms with Crippen molar-refractivity contribution in [1.29, 1.82) is 0 Å². The number of aromatic nitrogens is 2. The van der Waals surface area contributed by atoms with E-state index < -0.39 is 23.3 Å². The highest BCUT2D eigenvalue weighted by molar-refractivity contribution is 5.89. The molecule has 0 radical (unpaired) electrons. The summed E-state index contributed by atoms with van der Waals surface area (Å²) in [6, 6.07) is 7.62. The highest BCUT2D eigenvalue weighted by atomic mass is 35.5. The number of likely N-dealkylation sites (tertiary alicyclic amines) is 1. The number of benzene rings is 1. The maximum absolute atomic E-state index is 12.7.